The van der Waals surface area contributed by atoms with Crippen LogP contribution >= 0.6 is 0 Å². The summed E-state index contributed by atoms with van der Waals surface area (Å²) < 4.78 is 19.0. The molecule has 0 fully saturated rings. The molecule has 0 unspecified atom stereocenters. The molecule has 0 aliphatic carbocycles. The predicted octanol–water partition coefficient (Wildman–Crippen LogP) is 16.0. The molecule has 7 nitrogen and oxygen atoms in total. The topological polar surface area (TPSA) is 79.2 Å². The highest BCUT2D eigenvalue weighted by Crippen LogP contribution is 2.35. The van der Waals surface area contributed by atoms with Gasteiger partial charge in [-0.1, -0.05) is 155 Å². The van der Waals surface area contributed by atoms with Gasteiger partial charge in [-0.05, 0) is 86.1 Å². The summed E-state index contributed by atoms with van der Waals surface area (Å²) in [5.41, 5.74) is 4.41. The average Bonchev–Trinajstić information content (AvgIpc) is 3.27. The number of hydrogen-bond acceptors (Lipinski definition) is 7. The highest BCUT2D eigenvalue weighted by Gasteiger charge is 2.19. The summed E-state index contributed by atoms with van der Waals surface area (Å²) in [7, 11) is -2.29. The van der Waals surface area contributed by atoms with E-state index in [1.54, 1.807) is 0 Å². The predicted molar refractivity (Wildman–Crippen MR) is 264 cm³/mol. The maximum absolute atomic E-state index is 6.97. The lowest BCUT2D eigenvalue weighted by Crippen LogP contribution is -2.23. The lowest BCUT2D eigenvalue weighted by molar-refractivity contribution is 0.302. The van der Waals surface area contributed by atoms with Crippen molar-refractivity contribution in [2.75, 3.05) is 13.2 Å². The molecule has 0 N–H and O–H groups in total. The van der Waals surface area contributed by atoms with Crippen LogP contribution in [0.2, 0.25) is 50.4 Å². The van der Waals surface area contributed by atoms with E-state index in [0.29, 0.717) is 24.9 Å². The quantitative estimate of drug-likeness (QED) is 0.0357. The lowest BCUT2D eigenvalue weighted by Gasteiger charge is -2.20. The molecular weight excluding hydrogens is 785 g/mol. The van der Waals surface area contributed by atoms with Gasteiger partial charge in [0.25, 0.3) is 0 Å². The highest BCUT2D eigenvalue weighted by molar-refractivity contribution is 6.77. The fourth-order valence-corrected chi connectivity index (χ4v) is 10.7. The van der Waals surface area contributed by atoms with E-state index >= 15 is 0 Å². The summed E-state index contributed by atoms with van der Waals surface area (Å²) in [6, 6.07) is 18.3. The molecule has 9 heteroatoms. The van der Waals surface area contributed by atoms with Gasteiger partial charge in [-0.2, -0.15) is 0 Å². The van der Waals surface area contributed by atoms with Crippen molar-refractivity contribution >= 4 is 16.1 Å². The molecule has 0 aliphatic rings. The number of unbranched alkanes of at least 4 members (excludes halogenated alkanes) is 12. The fourth-order valence-electron chi connectivity index (χ4n) is 7.56. The van der Waals surface area contributed by atoms with E-state index in [1.807, 2.05) is 24.8 Å². The zero-order valence-electron chi connectivity index (χ0n) is 39.8. The van der Waals surface area contributed by atoms with Crippen LogP contribution in [0.4, 0.5) is 0 Å². The van der Waals surface area contributed by atoms with Crippen molar-refractivity contribution in [3.8, 4) is 45.8 Å². The van der Waals surface area contributed by atoms with E-state index in [4.69, 9.17) is 34.1 Å². The van der Waals surface area contributed by atoms with Crippen molar-refractivity contribution in [3.05, 3.63) is 72.3 Å². The first-order valence-electron chi connectivity index (χ1n) is 24.4. The third kappa shape index (κ3) is 18.8. The van der Waals surface area contributed by atoms with Crippen molar-refractivity contribution < 1.29 is 14.2 Å². The summed E-state index contributed by atoms with van der Waals surface area (Å²) in [4.78, 5) is 19.0. The first-order chi connectivity index (χ1) is 29.6. The second kappa shape index (κ2) is 27.5. The molecule has 0 bridgehead atoms. The summed E-state index contributed by atoms with van der Waals surface area (Å²) >= 11 is 0. The molecule has 0 atom stereocenters. The van der Waals surface area contributed by atoms with Gasteiger partial charge in [-0.3, -0.25) is 0 Å². The van der Waals surface area contributed by atoms with Crippen molar-refractivity contribution in [1.29, 1.82) is 0 Å². The minimum Gasteiger partial charge on any atom is -0.490 e. The van der Waals surface area contributed by atoms with E-state index in [1.165, 1.54) is 112 Å². The van der Waals surface area contributed by atoms with Crippen LogP contribution in [0.3, 0.4) is 0 Å². The Morgan fingerprint density at radius 1 is 0.443 bits per heavy atom. The van der Waals surface area contributed by atoms with Gasteiger partial charge in [-0.15, -0.1) is 0 Å². The van der Waals surface area contributed by atoms with Crippen molar-refractivity contribution in [2.45, 2.75) is 194 Å². The smallest absolute Gasteiger partial charge is 0.159 e. The normalized spacial score (nSPS) is 11.9. The Hall–Kier alpha value is -3.57. The van der Waals surface area contributed by atoms with Gasteiger partial charge >= 0.3 is 0 Å². The number of aryl methyl sites for hydroxylation is 2. The Morgan fingerprint density at radius 2 is 0.820 bits per heavy atom. The number of benzene rings is 2. The summed E-state index contributed by atoms with van der Waals surface area (Å²) in [5.74, 6) is 4.70. The molecule has 0 radical (unpaired) electrons. The molecule has 0 amide bonds. The Balaban J connectivity index is 1.53. The SMILES string of the molecule is CCCCCCCCOc1cnc(-c2ccc(Oc3ccc(-c4ncc(OCCCCCCCC)cn4)cc3CCCC[Si](C)(C)CC)c(CCCC[Si](C)(C)CC)c2)nc1. The van der Waals surface area contributed by atoms with Crippen molar-refractivity contribution in [2.24, 2.45) is 0 Å². The molecule has 4 aromatic rings. The fraction of sp³-hybridized carbons (Fsp3) is 0.615. The molecule has 2 heterocycles. The zero-order chi connectivity index (χ0) is 43.8. The standard InChI is InChI=1S/C52H82N4O3Si2/c1-9-13-15-17-19-23-33-57-47-39-53-51(54-40-47)45-29-31-49(43(37-45)27-21-25-35-60(5,6)11-3)59-50-32-30-46(38-44(50)28-22-26-36-61(7,8)12-4)52-55-41-48(42-56-52)58-34-24-20-18-16-14-10-2/h29-32,37-42H,9-28,33-36H2,1-8H3. The van der Waals surface area contributed by atoms with Crippen LogP contribution in [-0.4, -0.2) is 49.3 Å². The van der Waals surface area contributed by atoms with Crippen LogP contribution < -0.4 is 14.2 Å². The van der Waals surface area contributed by atoms with Gasteiger partial charge < -0.3 is 14.2 Å². The van der Waals surface area contributed by atoms with Crippen LogP contribution in [0.15, 0.2) is 61.2 Å². The van der Waals surface area contributed by atoms with E-state index in [-0.39, 0.29) is 0 Å². The van der Waals surface area contributed by atoms with Crippen LogP contribution in [0.5, 0.6) is 23.0 Å². The monoisotopic (exact) mass is 867 g/mol. The second-order valence-electron chi connectivity index (χ2n) is 18.9. The number of hydrogen-bond donors (Lipinski definition) is 0. The van der Waals surface area contributed by atoms with Gasteiger partial charge in [0, 0.05) is 27.3 Å². The average molecular weight is 867 g/mol. The van der Waals surface area contributed by atoms with Crippen LogP contribution in [0, 0.1) is 0 Å². The third-order valence-corrected chi connectivity index (χ3v) is 19.9. The molecule has 2 aromatic heterocycles. The maximum Gasteiger partial charge on any atom is 0.159 e. The van der Waals surface area contributed by atoms with Gasteiger partial charge in [0.05, 0.1) is 38.0 Å². The summed E-state index contributed by atoms with van der Waals surface area (Å²) in [5, 5.41) is 0. The second-order valence-corrected chi connectivity index (χ2v) is 30.0. The highest BCUT2D eigenvalue weighted by atomic mass is 28.3. The Morgan fingerprint density at radius 3 is 1.20 bits per heavy atom. The van der Waals surface area contributed by atoms with Crippen LogP contribution in [-0.2, 0) is 12.8 Å². The molecule has 61 heavy (non-hydrogen) atoms. The zero-order valence-corrected chi connectivity index (χ0v) is 41.8. The van der Waals surface area contributed by atoms with E-state index in [9.17, 15) is 0 Å². The lowest BCUT2D eigenvalue weighted by atomic mass is 10.0. The van der Waals surface area contributed by atoms with Gasteiger partial charge in [-0.25, -0.2) is 19.9 Å². The number of ether oxygens (including phenoxy) is 3. The minimum atomic E-state index is -1.15. The summed E-state index contributed by atoms with van der Waals surface area (Å²) in [6.07, 6.45) is 28.8. The molecule has 0 spiro atoms. The molecule has 0 saturated carbocycles. The Labute approximate surface area is 373 Å². The molecule has 0 saturated heterocycles. The van der Waals surface area contributed by atoms with Crippen LogP contribution in [0.1, 0.15) is 142 Å². The van der Waals surface area contributed by atoms with Gasteiger partial charge in [0.2, 0.25) is 0 Å². The van der Waals surface area contributed by atoms with Crippen LogP contribution in [0.25, 0.3) is 22.8 Å². The first kappa shape index (κ1) is 50.1. The first-order valence-corrected chi connectivity index (χ1v) is 31.2. The maximum atomic E-state index is 6.97. The van der Waals surface area contributed by atoms with E-state index in [0.717, 1.165) is 72.6 Å². The minimum absolute atomic E-state index is 0.706. The van der Waals surface area contributed by atoms with Crippen molar-refractivity contribution in [1.82, 2.24) is 19.9 Å². The molecule has 336 valence electrons. The summed E-state index contributed by atoms with van der Waals surface area (Å²) in [6.45, 7) is 20.7. The molecular formula is C52H82N4O3Si2. The number of rotatable bonds is 32. The number of nitrogens with zero attached hydrogens (tertiary/aromatic N) is 4. The van der Waals surface area contributed by atoms with E-state index in [2.05, 4.69) is 90.3 Å². The molecule has 0 aliphatic heterocycles. The largest absolute Gasteiger partial charge is 0.490 e. The van der Waals surface area contributed by atoms with E-state index < -0.39 is 16.1 Å². The molecule has 2 aromatic carbocycles. The van der Waals surface area contributed by atoms with Gasteiger partial charge in [0.15, 0.2) is 23.1 Å². The van der Waals surface area contributed by atoms with Crippen molar-refractivity contribution in [3.63, 3.8) is 0 Å². The number of aromatic nitrogens is 4. The Kier molecular flexibility index (Phi) is 22.6. The van der Waals surface area contributed by atoms with Gasteiger partial charge in [0.1, 0.15) is 11.5 Å². The third-order valence-electron chi connectivity index (χ3n) is 12.7. The Bertz CT molecular complexity index is 1670. The molecule has 4 rings (SSSR count).